The van der Waals surface area contributed by atoms with E-state index in [4.69, 9.17) is 19.2 Å². The van der Waals surface area contributed by atoms with E-state index in [9.17, 15) is 4.79 Å². The second kappa shape index (κ2) is 11.5. The van der Waals surface area contributed by atoms with E-state index in [1.54, 1.807) is 37.7 Å². The molecule has 37 heavy (non-hydrogen) atoms. The van der Waals surface area contributed by atoms with Crippen molar-refractivity contribution >= 4 is 32.6 Å². The van der Waals surface area contributed by atoms with Gasteiger partial charge in [0.2, 0.25) is 0 Å². The third kappa shape index (κ3) is 5.79. The molecule has 2 heterocycles. The fourth-order valence-corrected chi connectivity index (χ4v) is 5.43. The maximum atomic E-state index is 12.6. The van der Waals surface area contributed by atoms with Gasteiger partial charge in [-0.25, -0.2) is 4.98 Å². The molecule has 1 fully saturated rings. The molecule has 0 unspecified atom stereocenters. The van der Waals surface area contributed by atoms with Crippen LogP contribution in [0, 0.1) is 0 Å². The standard InChI is InChI=1S/C28H30N4O4S/c1-34-23-12-13-24(35-2)26-25(23)30-28(37-26)32-18-16-31(17-19-32)15-14-29-27(33)20-8-10-22(11-9-20)36-21-6-4-3-5-7-21/h3-13H,14-19H2,1-2H3,(H,29,33). The molecule has 1 aliphatic rings. The fraction of sp³-hybridized carbons (Fsp3) is 0.286. The summed E-state index contributed by atoms with van der Waals surface area (Å²) in [6.45, 7) is 4.96. The van der Waals surface area contributed by atoms with E-state index in [1.165, 1.54) is 0 Å². The number of hydrogen-bond acceptors (Lipinski definition) is 8. The van der Waals surface area contributed by atoms with Crippen LogP contribution in [0.3, 0.4) is 0 Å². The molecular weight excluding hydrogens is 488 g/mol. The number of anilines is 1. The highest BCUT2D eigenvalue weighted by molar-refractivity contribution is 7.22. The van der Waals surface area contributed by atoms with Crippen LogP contribution in [0.25, 0.3) is 10.2 Å². The number of amides is 1. The molecular formula is C28H30N4O4S. The number of aromatic nitrogens is 1. The van der Waals surface area contributed by atoms with Crippen LogP contribution in [0.1, 0.15) is 10.4 Å². The molecule has 1 N–H and O–H groups in total. The Morgan fingerprint density at radius 3 is 2.27 bits per heavy atom. The molecule has 4 aromatic rings. The number of para-hydroxylation sites is 1. The van der Waals surface area contributed by atoms with Gasteiger partial charge in [-0.3, -0.25) is 9.69 Å². The molecule has 0 aliphatic carbocycles. The van der Waals surface area contributed by atoms with Crippen molar-refractivity contribution in [2.75, 3.05) is 58.4 Å². The summed E-state index contributed by atoms with van der Waals surface area (Å²) in [6.07, 6.45) is 0. The van der Waals surface area contributed by atoms with E-state index in [2.05, 4.69) is 15.1 Å². The zero-order valence-electron chi connectivity index (χ0n) is 21.0. The van der Waals surface area contributed by atoms with Crippen molar-refractivity contribution in [1.82, 2.24) is 15.2 Å². The van der Waals surface area contributed by atoms with Crippen molar-refractivity contribution in [2.45, 2.75) is 0 Å². The van der Waals surface area contributed by atoms with Gasteiger partial charge >= 0.3 is 0 Å². The summed E-state index contributed by atoms with van der Waals surface area (Å²) in [4.78, 5) is 22.1. The summed E-state index contributed by atoms with van der Waals surface area (Å²) in [5, 5.41) is 4.01. The molecule has 0 spiro atoms. The van der Waals surface area contributed by atoms with Gasteiger partial charge in [0, 0.05) is 44.8 Å². The third-order valence-electron chi connectivity index (χ3n) is 6.35. The van der Waals surface area contributed by atoms with E-state index < -0.39 is 0 Å². The van der Waals surface area contributed by atoms with E-state index in [-0.39, 0.29) is 5.91 Å². The van der Waals surface area contributed by atoms with Gasteiger partial charge in [0.1, 0.15) is 33.2 Å². The van der Waals surface area contributed by atoms with Crippen LogP contribution in [0.5, 0.6) is 23.0 Å². The van der Waals surface area contributed by atoms with Gasteiger partial charge in [0.15, 0.2) is 5.13 Å². The lowest BCUT2D eigenvalue weighted by molar-refractivity contribution is 0.0947. The fourth-order valence-electron chi connectivity index (χ4n) is 4.30. The summed E-state index contributed by atoms with van der Waals surface area (Å²) < 4.78 is 17.8. The number of rotatable bonds is 9. The summed E-state index contributed by atoms with van der Waals surface area (Å²) >= 11 is 1.63. The SMILES string of the molecule is COc1ccc(OC)c2sc(N3CCN(CCNC(=O)c4ccc(Oc5ccccc5)cc4)CC3)nc12. The molecule has 1 saturated heterocycles. The van der Waals surface area contributed by atoms with Gasteiger partial charge in [-0.2, -0.15) is 0 Å². The van der Waals surface area contributed by atoms with Gasteiger partial charge in [0.05, 0.1) is 14.2 Å². The summed E-state index contributed by atoms with van der Waals surface area (Å²) in [6, 6.07) is 20.6. The minimum atomic E-state index is -0.0812. The second-order valence-corrected chi connectivity index (χ2v) is 9.65. The minimum absolute atomic E-state index is 0.0812. The molecule has 9 heteroatoms. The molecule has 1 aliphatic heterocycles. The first-order valence-electron chi connectivity index (χ1n) is 12.2. The average Bonchev–Trinajstić information content (AvgIpc) is 3.39. The molecule has 5 rings (SSSR count). The first-order valence-corrected chi connectivity index (χ1v) is 13.1. The lowest BCUT2D eigenvalue weighted by atomic mass is 10.2. The predicted octanol–water partition coefficient (Wildman–Crippen LogP) is 4.66. The molecule has 8 nitrogen and oxygen atoms in total. The quantitative estimate of drug-likeness (QED) is 0.345. The molecule has 0 saturated carbocycles. The number of thiazole rings is 1. The molecule has 0 bridgehead atoms. The molecule has 1 amide bonds. The van der Waals surface area contributed by atoms with Crippen LogP contribution in [0.2, 0.25) is 0 Å². The summed E-state index contributed by atoms with van der Waals surface area (Å²) in [7, 11) is 3.33. The van der Waals surface area contributed by atoms with E-state index in [1.807, 2.05) is 54.6 Å². The van der Waals surface area contributed by atoms with Crippen LogP contribution in [-0.4, -0.2) is 69.3 Å². The van der Waals surface area contributed by atoms with Crippen molar-refractivity contribution in [3.63, 3.8) is 0 Å². The maximum Gasteiger partial charge on any atom is 0.251 e. The van der Waals surface area contributed by atoms with Gasteiger partial charge in [-0.15, -0.1) is 0 Å². The van der Waals surface area contributed by atoms with Crippen LogP contribution in [0.4, 0.5) is 5.13 Å². The summed E-state index contributed by atoms with van der Waals surface area (Å²) in [5.41, 5.74) is 1.46. The number of benzene rings is 3. The highest BCUT2D eigenvalue weighted by Crippen LogP contribution is 2.40. The Morgan fingerprint density at radius 1 is 0.892 bits per heavy atom. The van der Waals surface area contributed by atoms with Gasteiger partial charge in [-0.05, 0) is 48.5 Å². The Balaban J connectivity index is 1.09. The molecule has 3 aromatic carbocycles. The van der Waals surface area contributed by atoms with Crippen LogP contribution in [-0.2, 0) is 0 Å². The number of carbonyl (C=O) groups excluding carboxylic acids is 1. The predicted molar refractivity (Wildman–Crippen MR) is 147 cm³/mol. The molecule has 0 radical (unpaired) electrons. The van der Waals surface area contributed by atoms with Crippen LogP contribution >= 0.6 is 11.3 Å². The molecule has 0 atom stereocenters. The lowest BCUT2D eigenvalue weighted by Crippen LogP contribution is -2.48. The lowest BCUT2D eigenvalue weighted by Gasteiger charge is -2.34. The number of ether oxygens (including phenoxy) is 3. The third-order valence-corrected chi connectivity index (χ3v) is 7.48. The van der Waals surface area contributed by atoms with Crippen molar-refractivity contribution in [3.05, 3.63) is 72.3 Å². The average molecular weight is 519 g/mol. The van der Waals surface area contributed by atoms with Crippen molar-refractivity contribution in [1.29, 1.82) is 0 Å². The number of hydrogen-bond donors (Lipinski definition) is 1. The Kier molecular flexibility index (Phi) is 7.72. The van der Waals surface area contributed by atoms with Gasteiger partial charge < -0.3 is 24.4 Å². The number of nitrogens with one attached hydrogen (secondary N) is 1. The summed E-state index contributed by atoms with van der Waals surface area (Å²) in [5.74, 6) is 2.95. The van der Waals surface area contributed by atoms with E-state index in [0.29, 0.717) is 17.9 Å². The monoisotopic (exact) mass is 518 g/mol. The Hall–Kier alpha value is -3.82. The number of fused-ring (bicyclic) bond motifs is 1. The largest absolute Gasteiger partial charge is 0.495 e. The normalized spacial score (nSPS) is 13.9. The molecule has 1 aromatic heterocycles. The Morgan fingerprint density at radius 2 is 1.57 bits per heavy atom. The number of nitrogens with zero attached hydrogens (tertiary/aromatic N) is 3. The van der Waals surface area contributed by atoms with Crippen LogP contribution in [0.15, 0.2) is 66.7 Å². The van der Waals surface area contributed by atoms with E-state index >= 15 is 0 Å². The van der Waals surface area contributed by atoms with Crippen molar-refractivity contribution in [3.8, 4) is 23.0 Å². The first-order chi connectivity index (χ1) is 18.1. The Bertz CT molecular complexity index is 1290. The molecule has 192 valence electrons. The maximum absolute atomic E-state index is 12.6. The Labute approximate surface area is 220 Å². The van der Waals surface area contributed by atoms with Crippen LogP contribution < -0.4 is 24.4 Å². The second-order valence-electron chi connectivity index (χ2n) is 8.67. The minimum Gasteiger partial charge on any atom is -0.495 e. The number of carbonyl (C=O) groups is 1. The topological polar surface area (TPSA) is 76.2 Å². The number of methoxy groups -OCH3 is 2. The zero-order valence-corrected chi connectivity index (χ0v) is 21.8. The van der Waals surface area contributed by atoms with Crippen molar-refractivity contribution in [2.24, 2.45) is 0 Å². The number of piperazine rings is 1. The highest BCUT2D eigenvalue weighted by Gasteiger charge is 2.22. The van der Waals surface area contributed by atoms with Crippen molar-refractivity contribution < 1.29 is 19.0 Å². The van der Waals surface area contributed by atoms with Gasteiger partial charge in [0.25, 0.3) is 5.91 Å². The highest BCUT2D eigenvalue weighted by atomic mass is 32.1. The first kappa shape index (κ1) is 24.9. The van der Waals surface area contributed by atoms with Gasteiger partial charge in [-0.1, -0.05) is 29.5 Å². The zero-order chi connectivity index (χ0) is 25.6. The van der Waals surface area contributed by atoms with E-state index in [0.717, 1.165) is 65.3 Å². The smallest absolute Gasteiger partial charge is 0.251 e.